The van der Waals surface area contributed by atoms with Gasteiger partial charge in [0.2, 0.25) is 0 Å². The summed E-state index contributed by atoms with van der Waals surface area (Å²) in [6, 6.07) is 34.1. The molecule has 3 aromatic heterocycles. The van der Waals surface area contributed by atoms with Gasteiger partial charge in [-0.2, -0.15) is 0 Å². The first-order valence-corrected chi connectivity index (χ1v) is 32.4. The zero-order valence-corrected chi connectivity index (χ0v) is 51.9. The number of H-pyrrole nitrogens is 2. The highest BCUT2D eigenvalue weighted by Gasteiger charge is 2.24. The molecule has 0 spiro atoms. The fourth-order valence-electron chi connectivity index (χ4n) is 11.6. The molecular formula is C68H70Br4N4O4. The van der Waals surface area contributed by atoms with Crippen molar-refractivity contribution in [1.29, 1.82) is 0 Å². The Morgan fingerprint density at radius 2 is 0.487 bits per heavy atom. The monoisotopic (exact) mass is 1320 g/mol. The van der Waals surface area contributed by atoms with Gasteiger partial charge in [-0.3, -0.25) is 0 Å². The summed E-state index contributed by atoms with van der Waals surface area (Å²) in [6.45, 7) is 2.47. The molecule has 0 unspecified atom stereocenters. The highest BCUT2D eigenvalue weighted by molar-refractivity contribution is 9.11. The lowest BCUT2D eigenvalue weighted by molar-refractivity contribution is 0.304. The van der Waals surface area contributed by atoms with Crippen molar-refractivity contribution in [3.8, 4) is 67.5 Å². The number of ether oxygens (including phenoxy) is 4. The van der Waals surface area contributed by atoms with Gasteiger partial charge in [-0.25, -0.2) is 9.97 Å². The molecule has 414 valence electrons. The summed E-state index contributed by atoms with van der Waals surface area (Å²) in [5, 5.41) is 0. The van der Waals surface area contributed by atoms with Crippen LogP contribution in [0.4, 0.5) is 0 Å². The first kappa shape index (κ1) is 56.5. The molecule has 11 rings (SSSR count). The lowest BCUT2D eigenvalue weighted by atomic mass is 10.0. The molecule has 0 atom stereocenters. The van der Waals surface area contributed by atoms with E-state index >= 15 is 0 Å². The zero-order chi connectivity index (χ0) is 54.6. The molecule has 4 aliphatic heterocycles. The summed E-state index contributed by atoms with van der Waals surface area (Å²) < 4.78 is 31.2. The Balaban J connectivity index is 1.25. The van der Waals surface area contributed by atoms with Crippen LogP contribution in [0.15, 0.2) is 115 Å². The van der Waals surface area contributed by atoms with Crippen LogP contribution in [0.5, 0.6) is 23.0 Å². The summed E-state index contributed by atoms with van der Waals surface area (Å²) in [5.74, 6) is 3.22. The highest BCUT2D eigenvalue weighted by Crippen LogP contribution is 2.46. The number of aromatic nitrogens is 4. The van der Waals surface area contributed by atoms with E-state index in [1.807, 2.05) is 0 Å². The van der Waals surface area contributed by atoms with Crippen LogP contribution in [0.25, 0.3) is 90.9 Å². The summed E-state index contributed by atoms with van der Waals surface area (Å²) in [5.41, 5.74) is 14.1. The highest BCUT2D eigenvalue weighted by atomic mass is 79.9. The Morgan fingerprint density at radius 3 is 0.713 bits per heavy atom. The average Bonchev–Trinajstić information content (AvgIpc) is 4.32. The van der Waals surface area contributed by atoms with Gasteiger partial charge < -0.3 is 28.9 Å². The van der Waals surface area contributed by atoms with E-state index < -0.39 is 0 Å². The first-order valence-electron chi connectivity index (χ1n) is 29.2. The van der Waals surface area contributed by atoms with Gasteiger partial charge in [0.1, 0.15) is 23.0 Å². The first-order chi connectivity index (χ1) is 39.3. The van der Waals surface area contributed by atoms with Gasteiger partial charge in [0.25, 0.3) is 0 Å². The van der Waals surface area contributed by atoms with Crippen LogP contribution in [0.1, 0.15) is 151 Å². The largest absolute Gasteiger partial charge is 0.493 e. The van der Waals surface area contributed by atoms with E-state index in [1.165, 1.54) is 77.0 Å². The minimum absolute atomic E-state index is 0.618. The van der Waals surface area contributed by atoms with Crippen LogP contribution >= 0.6 is 63.7 Å². The lowest BCUT2D eigenvalue weighted by Gasteiger charge is -2.15. The third-order valence-corrected chi connectivity index (χ3v) is 17.7. The van der Waals surface area contributed by atoms with Gasteiger partial charge in [-0.05, 0) is 147 Å². The summed E-state index contributed by atoms with van der Waals surface area (Å²) in [6.07, 6.45) is 31.9. The smallest absolute Gasteiger partial charge is 0.127 e. The normalized spacial score (nSPS) is 16.4. The molecule has 7 heterocycles. The van der Waals surface area contributed by atoms with Gasteiger partial charge in [0.05, 0.1) is 49.2 Å². The predicted octanol–water partition coefficient (Wildman–Crippen LogP) is 21.7. The van der Waals surface area contributed by atoms with E-state index in [0.717, 1.165) is 182 Å². The van der Waals surface area contributed by atoms with Crippen LogP contribution in [-0.4, -0.2) is 46.4 Å². The minimum atomic E-state index is 0.618. The van der Waals surface area contributed by atoms with E-state index in [9.17, 15) is 0 Å². The van der Waals surface area contributed by atoms with E-state index in [-0.39, 0.29) is 0 Å². The maximum absolute atomic E-state index is 6.86. The van der Waals surface area contributed by atoms with E-state index in [0.29, 0.717) is 26.4 Å². The molecule has 4 aliphatic rings. The number of fused-ring (bicyclic) bond motifs is 10. The van der Waals surface area contributed by atoms with Gasteiger partial charge in [-0.15, -0.1) is 0 Å². The molecule has 12 bridgehead atoms. The molecule has 0 saturated heterocycles. The SMILES string of the molecule is Brc1ccc2c(c1)-c1c3nc(c4c5ccc([nH]5)c(c5nc(c(c6ccc1[nH]6)-c1cc(Br)ccc1OCCCCCCCCCCCCOc1ccc(Br)cc1-4)C=C5)-c1cc(Br)ccc1OCCCCCCCCCCCCO2)C=C3. The Morgan fingerprint density at radius 1 is 0.275 bits per heavy atom. The third kappa shape index (κ3) is 13.7. The molecule has 80 heavy (non-hydrogen) atoms. The summed E-state index contributed by atoms with van der Waals surface area (Å²) in [7, 11) is 0. The van der Waals surface area contributed by atoms with Crippen molar-refractivity contribution < 1.29 is 18.9 Å². The van der Waals surface area contributed by atoms with Crippen molar-refractivity contribution in [3.05, 3.63) is 138 Å². The maximum Gasteiger partial charge on any atom is 0.127 e. The van der Waals surface area contributed by atoms with Gasteiger partial charge in [0, 0.05) is 84.5 Å². The zero-order valence-electron chi connectivity index (χ0n) is 45.6. The number of rotatable bonds is 0. The van der Waals surface area contributed by atoms with E-state index in [2.05, 4.69) is 195 Å². The van der Waals surface area contributed by atoms with Gasteiger partial charge in [-0.1, -0.05) is 166 Å². The molecule has 8 nitrogen and oxygen atoms in total. The molecule has 0 amide bonds. The predicted molar refractivity (Wildman–Crippen MR) is 346 cm³/mol. The van der Waals surface area contributed by atoms with Crippen LogP contribution in [0.2, 0.25) is 0 Å². The standard InChI is InChI=1S/C68H70Br4N4O4/c69-45-21-33-61-49(41-45)65-53-25-27-57(73-53)67-51-43-47(71)23-35-63(51)79-39-19-15-11-7-3-4-8-12-16-20-40-80-64-36-24-48(72)44-52(64)68(58-28-26-54(65)74-58)60-32-30-56(76-60)66(55-29-31-59(67)75-55)50-42-46(70)22-34-62(50)78-38-18-14-10-6-2-1-5-9-13-17-37-77-61/h21-36,41-44,73,76H,1-20,37-40H2. The molecule has 0 saturated carbocycles. The Kier molecular flexibility index (Phi) is 19.5. The Hall–Kier alpha value is -5.40. The number of halogens is 4. The molecule has 2 N–H and O–H groups in total. The molecule has 0 aliphatic carbocycles. The minimum Gasteiger partial charge on any atom is -0.493 e. The van der Waals surface area contributed by atoms with Crippen LogP contribution in [0.3, 0.4) is 0 Å². The van der Waals surface area contributed by atoms with Crippen molar-refractivity contribution in [3.63, 3.8) is 0 Å². The fraction of sp³-hybridized carbons (Fsp3) is 0.353. The molecule has 0 radical (unpaired) electrons. The quantitative estimate of drug-likeness (QED) is 0.157. The van der Waals surface area contributed by atoms with Crippen molar-refractivity contribution in [1.82, 2.24) is 19.9 Å². The van der Waals surface area contributed by atoms with Crippen molar-refractivity contribution >= 4 is 110 Å². The molecule has 0 fully saturated rings. The van der Waals surface area contributed by atoms with E-state index in [4.69, 9.17) is 28.9 Å². The van der Waals surface area contributed by atoms with Crippen molar-refractivity contribution in [2.45, 2.75) is 128 Å². The Bertz CT molecular complexity index is 3110. The third-order valence-electron chi connectivity index (χ3n) is 15.7. The number of nitrogens with zero attached hydrogens (tertiary/aromatic N) is 2. The topological polar surface area (TPSA) is 94.3 Å². The number of nitrogens with one attached hydrogen (secondary N) is 2. The van der Waals surface area contributed by atoms with Gasteiger partial charge >= 0.3 is 0 Å². The van der Waals surface area contributed by atoms with Crippen molar-refractivity contribution in [2.75, 3.05) is 26.4 Å². The second-order valence-electron chi connectivity index (χ2n) is 21.5. The number of aromatic amines is 2. The number of hydrogen-bond donors (Lipinski definition) is 2. The molecule has 12 heteroatoms. The number of benzene rings is 4. The second-order valence-corrected chi connectivity index (χ2v) is 25.2. The summed E-state index contributed by atoms with van der Waals surface area (Å²) in [4.78, 5) is 19.4. The Labute approximate surface area is 505 Å². The molecule has 7 aromatic rings. The van der Waals surface area contributed by atoms with Crippen LogP contribution < -0.4 is 18.9 Å². The fourth-order valence-corrected chi connectivity index (χ4v) is 13.0. The molecule has 4 aromatic carbocycles. The number of hydrogen-bond acceptors (Lipinski definition) is 6. The average molecular weight is 1330 g/mol. The second kappa shape index (κ2) is 27.6. The summed E-state index contributed by atoms with van der Waals surface area (Å²) >= 11 is 15.6. The van der Waals surface area contributed by atoms with Crippen molar-refractivity contribution in [2.24, 2.45) is 0 Å². The van der Waals surface area contributed by atoms with Crippen LogP contribution in [-0.2, 0) is 0 Å². The van der Waals surface area contributed by atoms with E-state index in [1.54, 1.807) is 0 Å². The maximum atomic E-state index is 6.86. The molecular weight excluding hydrogens is 1260 g/mol. The van der Waals surface area contributed by atoms with Gasteiger partial charge in [0.15, 0.2) is 0 Å². The van der Waals surface area contributed by atoms with Crippen LogP contribution in [0, 0.1) is 0 Å². The lowest BCUT2D eigenvalue weighted by Crippen LogP contribution is -2.00.